The molecule has 3 rings (SSSR count). The number of likely N-dealkylation sites (tertiary alicyclic amines) is 1. The van der Waals surface area contributed by atoms with Crippen molar-refractivity contribution in [1.29, 1.82) is 0 Å². The molecule has 4 nitrogen and oxygen atoms in total. The maximum absolute atomic E-state index is 12.1. The Bertz CT molecular complexity index is 674. The Hall–Kier alpha value is -1.55. The van der Waals surface area contributed by atoms with Gasteiger partial charge in [0.05, 0.1) is 11.0 Å². The summed E-state index contributed by atoms with van der Waals surface area (Å²) < 4.78 is 2.32. The van der Waals surface area contributed by atoms with Gasteiger partial charge in [0.1, 0.15) is 5.82 Å². The van der Waals surface area contributed by atoms with Crippen molar-refractivity contribution in [1.82, 2.24) is 14.5 Å². The number of fused-ring (bicyclic) bond motifs is 1. The average molecular weight is 334 g/mol. The largest absolute Gasteiger partial charge is 0.343 e. The quantitative estimate of drug-likeness (QED) is 0.784. The average Bonchev–Trinajstić information content (AvgIpc) is 2.89. The van der Waals surface area contributed by atoms with Crippen LogP contribution < -0.4 is 0 Å². The molecule has 23 heavy (non-hydrogen) atoms. The molecular formula is C18H24ClN3O. The minimum atomic E-state index is 0.258. The van der Waals surface area contributed by atoms with Crippen molar-refractivity contribution in [2.45, 2.75) is 39.2 Å². The summed E-state index contributed by atoms with van der Waals surface area (Å²) in [6.07, 6.45) is 3.50. The second kappa shape index (κ2) is 7.35. The number of halogens is 1. The standard InChI is InChI=1S/C18H24ClN3O/c1-14-20-16-5-2-3-6-17(16)22(14)13-15-8-11-21(12-9-15)18(23)7-4-10-19/h2-3,5-6,15H,4,7-13H2,1H3. The minimum Gasteiger partial charge on any atom is -0.343 e. The fourth-order valence-electron chi connectivity index (χ4n) is 3.43. The van der Waals surface area contributed by atoms with Crippen LogP contribution in [0, 0.1) is 12.8 Å². The highest BCUT2D eigenvalue weighted by molar-refractivity contribution is 6.17. The maximum atomic E-state index is 12.1. The van der Waals surface area contributed by atoms with Gasteiger partial charge in [0.15, 0.2) is 0 Å². The monoisotopic (exact) mass is 333 g/mol. The molecule has 1 saturated heterocycles. The number of carbonyl (C=O) groups excluding carboxylic acids is 1. The van der Waals surface area contributed by atoms with Crippen LogP contribution in [0.5, 0.6) is 0 Å². The van der Waals surface area contributed by atoms with Gasteiger partial charge in [0.25, 0.3) is 0 Å². The van der Waals surface area contributed by atoms with Crippen LogP contribution in [0.2, 0.25) is 0 Å². The second-order valence-electron chi connectivity index (χ2n) is 6.38. The predicted octanol–water partition coefficient (Wildman–Crippen LogP) is 3.60. The highest BCUT2D eigenvalue weighted by atomic mass is 35.5. The molecule has 1 aromatic heterocycles. The summed E-state index contributed by atoms with van der Waals surface area (Å²) >= 11 is 5.67. The van der Waals surface area contributed by atoms with Crippen molar-refractivity contribution in [3.05, 3.63) is 30.1 Å². The number of alkyl halides is 1. The van der Waals surface area contributed by atoms with Crippen LogP contribution in [0.25, 0.3) is 11.0 Å². The summed E-state index contributed by atoms with van der Waals surface area (Å²) in [6, 6.07) is 8.30. The molecule has 0 saturated carbocycles. The SMILES string of the molecule is Cc1nc2ccccc2n1CC1CCN(C(=O)CCCCl)CC1. The number of piperidine rings is 1. The summed E-state index contributed by atoms with van der Waals surface area (Å²) in [7, 11) is 0. The van der Waals surface area contributed by atoms with Gasteiger partial charge in [-0.1, -0.05) is 12.1 Å². The van der Waals surface area contributed by atoms with E-state index in [1.807, 2.05) is 11.0 Å². The van der Waals surface area contributed by atoms with E-state index in [1.165, 1.54) is 5.52 Å². The van der Waals surface area contributed by atoms with E-state index in [9.17, 15) is 4.79 Å². The zero-order valence-corrected chi connectivity index (χ0v) is 14.4. The second-order valence-corrected chi connectivity index (χ2v) is 6.75. The number of imidazole rings is 1. The van der Waals surface area contributed by atoms with E-state index >= 15 is 0 Å². The molecule has 0 N–H and O–H groups in total. The van der Waals surface area contributed by atoms with Gasteiger partial charge in [-0.15, -0.1) is 11.6 Å². The number of para-hydroxylation sites is 2. The third-order valence-electron chi connectivity index (χ3n) is 4.78. The van der Waals surface area contributed by atoms with E-state index in [0.29, 0.717) is 18.2 Å². The van der Waals surface area contributed by atoms with Gasteiger partial charge < -0.3 is 9.47 Å². The molecule has 0 unspecified atom stereocenters. The molecule has 1 aliphatic heterocycles. The number of amides is 1. The summed E-state index contributed by atoms with van der Waals surface area (Å²) in [5.74, 6) is 2.51. The van der Waals surface area contributed by atoms with E-state index in [1.54, 1.807) is 0 Å². The van der Waals surface area contributed by atoms with Gasteiger partial charge in [0.2, 0.25) is 5.91 Å². The molecule has 0 aliphatic carbocycles. The Kier molecular flexibility index (Phi) is 5.21. The van der Waals surface area contributed by atoms with Crippen LogP contribution in [0.1, 0.15) is 31.5 Å². The molecule has 0 bridgehead atoms. The van der Waals surface area contributed by atoms with E-state index in [-0.39, 0.29) is 5.91 Å². The molecule has 0 atom stereocenters. The Balaban J connectivity index is 1.60. The van der Waals surface area contributed by atoms with Crippen molar-refractivity contribution in [3.63, 3.8) is 0 Å². The smallest absolute Gasteiger partial charge is 0.222 e. The maximum Gasteiger partial charge on any atom is 0.222 e. The van der Waals surface area contributed by atoms with Gasteiger partial charge in [0, 0.05) is 31.9 Å². The molecular weight excluding hydrogens is 310 g/mol. The molecule has 2 heterocycles. The first kappa shape index (κ1) is 16.3. The van der Waals surface area contributed by atoms with Crippen molar-refractivity contribution in [2.24, 2.45) is 5.92 Å². The number of nitrogens with zero attached hydrogens (tertiary/aromatic N) is 3. The third-order valence-corrected chi connectivity index (χ3v) is 5.04. The van der Waals surface area contributed by atoms with Crippen LogP contribution >= 0.6 is 11.6 Å². The molecule has 1 amide bonds. The Morgan fingerprint density at radius 2 is 2.04 bits per heavy atom. The van der Waals surface area contributed by atoms with Gasteiger partial charge in [-0.3, -0.25) is 4.79 Å². The molecule has 2 aromatic rings. The van der Waals surface area contributed by atoms with Crippen LogP contribution in [-0.2, 0) is 11.3 Å². The fourth-order valence-corrected chi connectivity index (χ4v) is 3.56. The Morgan fingerprint density at radius 1 is 1.30 bits per heavy atom. The molecule has 5 heteroatoms. The minimum absolute atomic E-state index is 0.258. The lowest BCUT2D eigenvalue weighted by Gasteiger charge is -2.32. The van der Waals surface area contributed by atoms with E-state index in [2.05, 4.69) is 34.7 Å². The molecule has 1 aliphatic rings. The molecule has 1 aromatic carbocycles. The molecule has 1 fully saturated rings. The van der Waals surface area contributed by atoms with Gasteiger partial charge in [-0.05, 0) is 44.2 Å². The predicted molar refractivity (Wildman–Crippen MR) is 93.7 cm³/mol. The van der Waals surface area contributed by atoms with E-state index in [0.717, 1.165) is 50.2 Å². The Morgan fingerprint density at radius 3 is 2.78 bits per heavy atom. The van der Waals surface area contributed by atoms with Crippen LogP contribution in [0.3, 0.4) is 0 Å². The van der Waals surface area contributed by atoms with Crippen molar-refractivity contribution in [2.75, 3.05) is 19.0 Å². The summed E-state index contributed by atoms with van der Waals surface area (Å²) in [4.78, 5) is 18.7. The van der Waals surface area contributed by atoms with Crippen molar-refractivity contribution < 1.29 is 4.79 Å². The van der Waals surface area contributed by atoms with Crippen molar-refractivity contribution in [3.8, 4) is 0 Å². The number of aryl methyl sites for hydroxylation is 1. The summed E-state index contributed by atoms with van der Waals surface area (Å²) in [6.45, 7) is 4.82. The first-order chi connectivity index (χ1) is 11.2. The van der Waals surface area contributed by atoms with Gasteiger partial charge in [-0.25, -0.2) is 4.98 Å². The van der Waals surface area contributed by atoms with Crippen LogP contribution in [-0.4, -0.2) is 39.3 Å². The van der Waals surface area contributed by atoms with E-state index in [4.69, 9.17) is 11.6 Å². The number of benzene rings is 1. The zero-order chi connectivity index (χ0) is 16.2. The number of aromatic nitrogens is 2. The number of hydrogen-bond acceptors (Lipinski definition) is 2. The normalized spacial score (nSPS) is 16.2. The van der Waals surface area contributed by atoms with Gasteiger partial charge >= 0.3 is 0 Å². The van der Waals surface area contributed by atoms with E-state index < -0.39 is 0 Å². The lowest BCUT2D eigenvalue weighted by molar-refractivity contribution is -0.132. The number of carbonyl (C=O) groups is 1. The summed E-state index contributed by atoms with van der Waals surface area (Å²) in [5, 5.41) is 0. The van der Waals surface area contributed by atoms with Crippen LogP contribution in [0.15, 0.2) is 24.3 Å². The van der Waals surface area contributed by atoms with Crippen molar-refractivity contribution >= 4 is 28.5 Å². The lowest BCUT2D eigenvalue weighted by Crippen LogP contribution is -2.39. The first-order valence-corrected chi connectivity index (χ1v) is 8.98. The molecule has 0 radical (unpaired) electrons. The first-order valence-electron chi connectivity index (χ1n) is 8.44. The summed E-state index contributed by atoms with van der Waals surface area (Å²) in [5.41, 5.74) is 2.28. The topological polar surface area (TPSA) is 38.1 Å². The highest BCUT2D eigenvalue weighted by Crippen LogP contribution is 2.23. The molecule has 0 spiro atoms. The fraction of sp³-hybridized carbons (Fsp3) is 0.556. The number of rotatable bonds is 5. The van der Waals surface area contributed by atoms with Crippen LogP contribution in [0.4, 0.5) is 0 Å². The highest BCUT2D eigenvalue weighted by Gasteiger charge is 2.23. The zero-order valence-electron chi connectivity index (χ0n) is 13.7. The molecule has 124 valence electrons. The third kappa shape index (κ3) is 3.69. The lowest BCUT2D eigenvalue weighted by atomic mass is 9.96. The Labute approximate surface area is 142 Å². The van der Waals surface area contributed by atoms with Gasteiger partial charge in [-0.2, -0.15) is 0 Å². The number of hydrogen-bond donors (Lipinski definition) is 0.